The number of halogens is 1. The Kier molecular flexibility index (Phi) is 7.39. The van der Waals surface area contributed by atoms with Crippen molar-refractivity contribution >= 4 is 28.5 Å². The van der Waals surface area contributed by atoms with Crippen LogP contribution in [0.1, 0.15) is 6.42 Å². The number of rotatable bonds is 5. The lowest BCUT2D eigenvalue weighted by atomic mass is 10.4. The van der Waals surface area contributed by atoms with E-state index in [0.717, 1.165) is 17.5 Å². The molecule has 0 saturated carbocycles. The molecule has 0 radical (unpaired) electrons. The summed E-state index contributed by atoms with van der Waals surface area (Å²) in [7, 11) is 1.84. The van der Waals surface area contributed by atoms with Crippen molar-refractivity contribution in [3.05, 3.63) is 0 Å². The molecule has 0 aliphatic rings. The topological polar surface area (TPSA) is 41.1 Å². The zero-order chi connectivity index (χ0) is 7.82. The van der Waals surface area contributed by atoms with E-state index < -0.39 is 0 Å². The third-order valence-corrected chi connectivity index (χ3v) is 1.56. The molecule has 60 valence electrons. The largest absolute Gasteiger partial charge is 0.355 e. The van der Waals surface area contributed by atoms with E-state index in [1.54, 1.807) is 0 Å². The summed E-state index contributed by atoms with van der Waals surface area (Å²) in [4.78, 5) is 10.8. The Morgan fingerprint density at radius 1 is 1.50 bits per heavy atom. The lowest BCUT2D eigenvalue weighted by Gasteiger charge is -2.00. The van der Waals surface area contributed by atoms with Crippen molar-refractivity contribution in [1.29, 1.82) is 0 Å². The molecule has 0 aliphatic carbocycles. The third-order valence-electron chi connectivity index (χ3n) is 1.02. The summed E-state index contributed by atoms with van der Waals surface area (Å²) in [5, 5.41) is 5.69. The van der Waals surface area contributed by atoms with Crippen LogP contribution in [0.2, 0.25) is 0 Å². The molecule has 0 rings (SSSR count). The number of hydrogen-bond donors (Lipinski definition) is 2. The summed E-state index contributed by atoms with van der Waals surface area (Å²) in [5.41, 5.74) is 0. The van der Waals surface area contributed by atoms with Gasteiger partial charge in [-0.1, -0.05) is 22.6 Å². The maximum absolute atomic E-state index is 10.8. The van der Waals surface area contributed by atoms with E-state index in [0.29, 0.717) is 6.42 Å². The van der Waals surface area contributed by atoms with E-state index in [2.05, 4.69) is 33.2 Å². The molecule has 0 fully saturated rings. The maximum Gasteiger partial charge on any atom is 0.221 e. The first-order valence-electron chi connectivity index (χ1n) is 3.28. The minimum absolute atomic E-state index is 0.131. The quantitative estimate of drug-likeness (QED) is 0.543. The van der Waals surface area contributed by atoms with Gasteiger partial charge >= 0.3 is 0 Å². The Bertz CT molecular complexity index is 87.7. The molecular formula is C6H13IN2O. The van der Waals surface area contributed by atoms with E-state index in [-0.39, 0.29) is 5.91 Å². The van der Waals surface area contributed by atoms with Gasteiger partial charge in [0.25, 0.3) is 0 Å². The predicted molar refractivity (Wildman–Crippen MR) is 50.4 cm³/mol. The molecule has 0 heterocycles. The zero-order valence-electron chi connectivity index (χ0n) is 6.11. The molecule has 1 amide bonds. The van der Waals surface area contributed by atoms with Crippen LogP contribution in [-0.2, 0) is 4.79 Å². The second-order valence-corrected chi connectivity index (χ2v) is 2.97. The van der Waals surface area contributed by atoms with Gasteiger partial charge in [0.2, 0.25) is 5.91 Å². The summed E-state index contributed by atoms with van der Waals surface area (Å²) >= 11 is 2.23. The molecule has 0 aromatic rings. The van der Waals surface area contributed by atoms with Crippen LogP contribution in [0.5, 0.6) is 0 Å². The van der Waals surface area contributed by atoms with Gasteiger partial charge in [-0.25, -0.2) is 0 Å². The normalized spacial score (nSPS) is 9.40. The Hall–Kier alpha value is 0.160. The van der Waals surface area contributed by atoms with Gasteiger partial charge in [0.05, 0.1) is 0 Å². The smallest absolute Gasteiger partial charge is 0.221 e. The van der Waals surface area contributed by atoms with E-state index in [9.17, 15) is 4.79 Å². The number of alkyl halides is 1. The van der Waals surface area contributed by atoms with Gasteiger partial charge in [-0.3, -0.25) is 4.79 Å². The lowest BCUT2D eigenvalue weighted by molar-refractivity contribution is -0.120. The summed E-state index contributed by atoms with van der Waals surface area (Å²) in [6.07, 6.45) is 0.577. The molecule has 2 N–H and O–H groups in total. The Labute approximate surface area is 75.1 Å². The van der Waals surface area contributed by atoms with Crippen LogP contribution in [0.3, 0.4) is 0 Å². The average molecular weight is 256 g/mol. The Morgan fingerprint density at radius 2 is 2.20 bits per heavy atom. The van der Waals surface area contributed by atoms with Crippen molar-refractivity contribution < 1.29 is 4.79 Å². The lowest BCUT2D eigenvalue weighted by Crippen LogP contribution is -2.27. The average Bonchev–Trinajstić information content (AvgIpc) is 1.97. The van der Waals surface area contributed by atoms with Crippen molar-refractivity contribution in [3.8, 4) is 0 Å². The van der Waals surface area contributed by atoms with Crippen LogP contribution < -0.4 is 10.6 Å². The molecule has 0 spiro atoms. The summed E-state index contributed by atoms with van der Waals surface area (Å²) < 4.78 is 0.975. The summed E-state index contributed by atoms with van der Waals surface area (Å²) in [6.45, 7) is 1.54. The monoisotopic (exact) mass is 256 g/mol. The van der Waals surface area contributed by atoms with Crippen molar-refractivity contribution in [1.82, 2.24) is 10.6 Å². The van der Waals surface area contributed by atoms with Gasteiger partial charge in [-0.05, 0) is 7.05 Å². The van der Waals surface area contributed by atoms with E-state index in [1.165, 1.54) is 0 Å². The molecule has 0 atom stereocenters. The van der Waals surface area contributed by atoms with Gasteiger partial charge in [-0.2, -0.15) is 0 Å². The number of hydrogen-bond acceptors (Lipinski definition) is 2. The highest BCUT2D eigenvalue weighted by Crippen LogP contribution is 1.79. The van der Waals surface area contributed by atoms with Crippen LogP contribution in [0.25, 0.3) is 0 Å². The number of carbonyl (C=O) groups excluding carboxylic acids is 1. The minimum atomic E-state index is 0.131. The molecule has 4 heteroatoms. The molecular weight excluding hydrogens is 243 g/mol. The first-order chi connectivity index (χ1) is 4.81. The van der Waals surface area contributed by atoms with Crippen LogP contribution >= 0.6 is 22.6 Å². The first-order valence-corrected chi connectivity index (χ1v) is 4.81. The maximum atomic E-state index is 10.8. The number of nitrogens with one attached hydrogen (secondary N) is 2. The van der Waals surface area contributed by atoms with Gasteiger partial charge in [-0.15, -0.1) is 0 Å². The highest BCUT2D eigenvalue weighted by Gasteiger charge is 1.96. The number of carbonyl (C=O) groups is 1. The predicted octanol–water partition coefficient (Wildman–Crippen LogP) is 0.147. The molecule has 0 aliphatic heterocycles. The second-order valence-electron chi connectivity index (χ2n) is 1.89. The molecule has 0 unspecified atom stereocenters. The fourth-order valence-electron chi connectivity index (χ4n) is 0.514. The van der Waals surface area contributed by atoms with Crippen LogP contribution in [0, 0.1) is 0 Å². The Balaban J connectivity index is 3.09. The standard InChI is InChI=1S/C6H13IN2O/c1-8-4-2-6(10)9-5-3-7/h8H,2-5H2,1H3,(H,9,10). The second kappa shape index (κ2) is 7.27. The molecule has 3 nitrogen and oxygen atoms in total. The Morgan fingerprint density at radius 3 is 2.70 bits per heavy atom. The van der Waals surface area contributed by atoms with Crippen molar-refractivity contribution in [2.45, 2.75) is 6.42 Å². The SMILES string of the molecule is CNCCC(=O)NCCI. The zero-order valence-corrected chi connectivity index (χ0v) is 8.27. The van der Waals surface area contributed by atoms with E-state index in [4.69, 9.17) is 0 Å². The third kappa shape index (κ3) is 6.28. The van der Waals surface area contributed by atoms with Crippen molar-refractivity contribution in [3.63, 3.8) is 0 Å². The van der Waals surface area contributed by atoms with Crippen molar-refractivity contribution in [2.75, 3.05) is 24.6 Å². The van der Waals surface area contributed by atoms with Gasteiger partial charge in [0.15, 0.2) is 0 Å². The van der Waals surface area contributed by atoms with E-state index in [1.807, 2.05) is 7.05 Å². The van der Waals surface area contributed by atoms with Crippen molar-refractivity contribution in [2.24, 2.45) is 0 Å². The molecule has 0 aromatic carbocycles. The molecule has 0 bridgehead atoms. The molecule has 10 heavy (non-hydrogen) atoms. The fraction of sp³-hybridized carbons (Fsp3) is 0.833. The number of amides is 1. The minimum Gasteiger partial charge on any atom is -0.355 e. The first kappa shape index (κ1) is 10.2. The van der Waals surface area contributed by atoms with Crippen LogP contribution in [0.4, 0.5) is 0 Å². The fourth-order valence-corrected chi connectivity index (χ4v) is 0.783. The van der Waals surface area contributed by atoms with E-state index >= 15 is 0 Å². The summed E-state index contributed by atoms with van der Waals surface area (Å²) in [6, 6.07) is 0. The summed E-state index contributed by atoms with van der Waals surface area (Å²) in [5.74, 6) is 0.131. The molecule has 0 saturated heterocycles. The van der Waals surface area contributed by atoms with Gasteiger partial charge in [0, 0.05) is 23.9 Å². The highest BCUT2D eigenvalue weighted by molar-refractivity contribution is 14.1. The van der Waals surface area contributed by atoms with Crippen LogP contribution in [0.15, 0.2) is 0 Å². The van der Waals surface area contributed by atoms with Gasteiger partial charge in [0.1, 0.15) is 0 Å². The molecule has 0 aromatic heterocycles. The highest BCUT2D eigenvalue weighted by atomic mass is 127. The van der Waals surface area contributed by atoms with Gasteiger partial charge < -0.3 is 10.6 Å². The van der Waals surface area contributed by atoms with Crippen LogP contribution in [-0.4, -0.2) is 30.5 Å².